The lowest BCUT2D eigenvalue weighted by Crippen LogP contribution is -2.10. The van der Waals surface area contributed by atoms with Gasteiger partial charge in [-0.25, -0.2) is 4.39 Å². The van der Waals surface area contributed by atoms with E-state index in [9.17, 15) is 9.50 Å². The van der Waals surface area contributed by atoms with Crippen LogP contribution in [-0.2, 0) is 6.54 Å². The Kier molecular flexibility index (Phi) is 3.22. The first-order valence-electron chi connectivity index (χ1n) is 4.77. The molecule has 0 aliphatic rings. The van der Waals surface area contributed by atoms with Crippen molar-refractivity contribution >= 4 is 11.6 Å². The van der Waals surface area contributed by atoms with Crippen LogP contribution in [0, 0.1) is 5.82 Å². The highest BCUT2D eigenvalue weighted by molar-refractivity contribution is 6.30. The van der Waals surface area contributed by atoms with E-state index in [2.05, 4.69) is 5.10 Å². The lowest BCUT2D eigenvalue weighted by molar-refractivity contribution is 0.147. The SMILES string of the molecule is OC(Cn1cc(Cl)cn1)c1ccccc1F. The van der Waals surface area contributed by atoms with Gasteiger partial charge in [0.2, 0.25) is 0 Å². The van der Waals surface area contributed by atoms with Crippen molar-refractivity contribution < 1.29 is 9.50 Å². The smallest absolute Gasteiger partial charge is 0.129 e. The number of aliphatic hydroxyl groups is 1. The Bertz CT molecular complexity index is 486. The molecule has 1 aromatic carbocycles. The zero-order valence-electron chi connectivity index (χ0n) is 8.35. The highest BCUT2D eigenvalue weighted by atomic mass is 35.5. The van der Waals surface area contributed by atoms with Crippen molar-refractivity contribution in [2.75, 3.05) is 0 Å². The number of nitrogens with zero attached hydrogens (tertiary/aromatic N) is 2. The molecule has 1 heterocycles. The summed E-state index contributed by atoms with van der Waals surface area (Å²) < 4.78 is 14.8. The van der Waals surface area contributed by atoms with Crippen LogP contribution in [0.2, 0.25) is 5.02 Å². The third-order valence-corrected chi connectivity index (χ3v) is 2.42. The Balaban J connectivity index is 2.14. The first-order valence-corrected chi connectivity index (χ1v) is 5.15. The van der Waals surface area contributed by atoms with E-state index in [1.165, 1.54) is 16.9 Å². The molecular weight excluding hydrogens is 231 g/mol. The van der Waals surface area contributed by atoms with Crippen LogP contribution in [-0.4, -0.2) is 14.9 Å². The standard InChI is InChI=1S/C11H10ClFN2O/c12-8-5-14-15(6-8)7-11(16)9-3-1-2-4-10(9)13/h1-6,11,16H,7H2. The number of hydrogen-bond donors (Lipinski definition) is 1. The summed E-state index contributed by atoms with van der Waals surface area (Å²) in [6, 6.07) is 6.12. The van der Waals surface area contributed by atoms with Gasteiger partial charge in [0.15, 0.2) is 0 Å². The zero-order valence-corrected chi connectivity index (χ0v) is 9.10. The molecule has 5 heteroatoms. The molecule has 1 unspecified atom stereocenters. The van der Waals surface area contributed by atoms with Crippen molar-refractivity contribution in [1.29, 1.82) is 0 Å². The third kappa shape index (κ3) is 2.40. The van der Waals surface area contributed by atoms with Gasteiger partial charge in [-0.05, 0) is 6.07 Å². The van der Waals surface area contributed by atoms with Gasteiger partial charge >= 0.3 is 0 Å². The highest BCUT2D eigenvalue weighted by Crippen LogP contribution is 2.18. The monoisotopic (exact) mass is 240 g/mol. The zero-order chi connectivity index (χ0) is 11.5. The van der Waals surface area contributed by atoms with E-state index < -0.39 is 11.9 Å². The molecule has 0 aliphatic heterocycles. The van der Waals surface area contributed by atoms with E-state index in [0.29, 0.717) is 5.02 Å². The van der Waals surface area contributed by atoms with Gasteiger partial charge in [-0.15, -0.1) is 0 Å². The van der Waals surface area contributed by atoms with Crippen LogP contribution in [0.25, 0.3) is 0 Å². The van der Waals surface area contributed by atoms with E-state index >= 15 is 0 Å². The lowest BCUT2D eigenvalue weighted by atomic mass is 10.1. The van der Waals surface area contributed by atoms with Crippen molar-refractivity contribution in [3.05, 3.63) is 53.1 Å². The Labute approximate surface area is 97.1 Å². The fourth-order valence-corrected chi connectivity index (χ4v) is 1.62. The minimum absolute atomic E-state index is 0.174. The van der Waals surface area contributed by atoms with Gasteiger partial charge < -0.3 is 5.11 Å². The summed E-state index contributed by atoms with van der Waals surface area (Å²) in [6.45, 7) is 0.174. The van der Waals surface area contributed by atoms with Crippen molar-refractivity contribution in [2.24, 2.45) is 0 Å². The Hall–Kier alpha value is -1.39. The second-order valence-corrected chi connectivity index (χ2v) is 3.85. The normalized spacial score (nSPS) is 12.7. The topological polar surface area (TPSA) is 38.0 Å². The van der Waals surface area contributed by atoms with Crippen molar-refractivity contribution in [2.45, 2.75) is 12.6 Å². The van der Waals surface area contributed by atoms with Crippen LogP contribution in [0.4, 0.5) is 4.39 Å². The molecule has 2 rings (SSSR count). The van der Waals surface area contributed by atoms with E-state index in [-0.39, 0.29) is 12.1 Å². The molecule has 0 saturated heterocycles. The average molecular weight is 241 g/mol. The number of halogens is 2. The van der Waals surface area contributed by atoms with Gasteiger partial charge in [0.1, 0.15) is 11.9 Å². The predicted molar refractivity (Wildman–Crippen MR) is 58.6 cm³/mol. The molecule has 1 atom stereocenters. The number of benzene rings is 1. The first kappa shape index (κ1) is 11.1. The van der Waals surface area contributed by atoms with Crippen LogP contribution >= 0.6 is 11.6 Å². The minimum atomic E-state index is -0.933. The van der Waals surface area contributed by atoms with Crippen molar-refractivity contribution in [3.8, 4) is 0 Å². The Morgan fingerprint density at radius 1 is 1.44 bits per heavy atom. The van der Waals surface area contributed by atoms with Crippen LogP contribution in [0.15, 0.2) is 36.7 Å². The van der Waals surface area contributed by atoms with Crippen molar-refractivity contribution in [3.63, 3.8) is 0 Å². The van der Waals surface area contributed by atoms with Gasteiger partial charge in [0.25, 0.3) is 0 Å². The average Bonchev–Trinajstić information content (AvgIpc) is 2.64. The van der Waals surface area contributed by atoms with E-state index in [1.807, 2.05) is 0 Å². The fraction of sp³-hybridized carbons (Fsp3) is 0.182. The van der Waals surface area contributed by atoms with Crippen LogP contribution in [0.5, 0.6) is 0 Å². The van der Waals surface area contributed by atoms with Crippen LogP contribution in [0.1, 0.15) is 11.7 Å². The quantitative estimate of drug-likeness (QED) is 0.895. The molecule has 0 bridgehead atoms. The molecule has 1 aromatic heterocycles. The predicted octanol–water partition coefficient (Wildman–Crippen LogP) is 2.41. The molecular formula is C11H10ClFN2O. The molecule has 0 saturated carbocycles. The second-order valence-electron chi connectivity index (χ2n) is 3.42. The van der Waals surface area contributed by atoms with Crippen LogP contribution in [0.3, 0.4) is 0 Å². The van der Waals surface area contributed by atoms with Gasteiger partial charge in [-0.1, -0.05) is 29.8 Å². The summed E-state index contributed by atoms with van der Waals surface area (Å²) in [7, 11) is 0. The summed E-state index contributed by atoms with van der Waals surface area (Å²) in [5.74, 6) is -0.423. The summed E-state index contributed by atoms with van der Waals surface area (Å²) in [4.78, 5) is 0. The number of rotatable bonds is 3. The number of aliphatic hydroxyl groups excluding tert-OH is 1. The maximum absolute atomic E-state index is 13.3. The molecule has 0 spiro atoms. The van der Waals surface area contributed by atoms with E-state index in [0.717, 1.165) is 0 Å². The molecule has 3 nitrogen and oxygen atoms in total. The van der Waals surface area contributed by atoms with Crippen molar-refractivity contribution in [1.82, 2.24) is 9.78 Å². The summed E-state index contributed by atoms with van der Waals surface area (Å²) >= 11 is 5.68. The molecule has 16 heavy (non-hydrogen) atoms. The molecule has 0 radical (unpaired) electrons. The van der Waals surface area contributed by atoms with Gasteiger partial charge in [-0.3, -0.25) is 4.68 Å². The third-order valence-electron chi connectivity index (χ3n) is 2.23. The molecule has 1 N–H and O–H groups in total. The Morgan fingerprint density at radius 3 is 2.81 bits per heavy atom. The van der Waals surface area contributed by atoms with Gasteiger partial charge in [0, 0.05) is 11.8 Å². The number of hydrogen-bond acceptors (Lipinski definition) is 2. The van der Waals surface area contributed by atoms with Crippen LogP contribution < -0.4 is 0 Å². The van der Waals surface area contributed by atoms with E-state index in [4.69, 9.17) is 11.6 Å². The highest BCUT2D eigenvalue weighted by Gasteiger charge is 2.13. The fourth-order valence-electron chi connectivity index (χ4n) is 1.46. The molecule has 0 fully saturated rings. The second kappa shape index (κ2) is 4.63. The summed E-state index contributed by atoms with van der Waals surface area (Å²) in [5, 5.41) is 14.2. The Morgan fingerprint density at radius 2 is 2.19 bits per heavy atom. The molecule has 0 amide bonds. The lowest BCUT2D eigenvalue weighted by Gasteiger charge is -2.11. The van der Waals surface area contributed by atoms with Gasteiger partial charge in [-0.2, -0.15) is 5.10 Å². The largest absolute Gasteiger partial charge is 0.386 e. The maximum atomic E-state index is 13.3. The maximum Gasteiger partial charge on any atom is 0.129 e. The molecule has 84 valence electrons. The first-order chi connectivity index (χ1) is 7.66. The molecule has 0 aliphatic carbocycles. The summed E-state index contributed by atoms with van der Waals surface area (Å²) in [6.07, 6.45) is 2.11. The summed E-state index contributed by atoms with van der Waals surface area (Å²) in [5.41, 5.74) is 0.258. The molecule has 2 aromatic rings. The van der Waals surface area contributed by atoms with E-state index in [1.54, 1.807) is 24.4 Å². The minimum Gasteiger partial charge on any atom is -0.386 e. The number of aromatic nitrogens is 2. The van der Waals surface area contributed by atoms with Gasteiger partial charge in [0.05, 0.1) is 17.8 Å².